The first-order chi connectivity index (χ1) is 17.6. The number of carbonyl (C=O) groups excluding carboxylic acids is 1. The third-order valence-corrected chi connectivity index (χ3v) is 5.52. The minimum Gasteiger partial charge on any atom is -0.494 e. The highest BCUT2D eigenvalue weighted by Gasteiger charge is 2.25. The van der Waals surface area contributed by atoms with Gasteiger partial charge in [0.2, 0.25) is 11.6 Å². The summed E-state index contributed by atoms with van der Waals surface area (Å²) in [5.41, 5.74) is 11.0. The van der Waals surface area contributed by atoms with Crippen molar-refractivity contribution in [1.29, 1.82) is 0 Å². The summed E-state index contributed by atoms with van der Waals surface area (Å²) in [5, 5.41) is 22.0. The molecule has 11 nitrogen and oxygen atoms in total. The largest absolute Gasteiger partial charge is 0.494 e. The summed E-state index contributed by atoms with van der Waals surface area (Å²) < 4.78 is 11.5. The summed E-state index contributed by atoms with van der Waals surface area (Å²) in [7, 11) is 0. The number of hydrogen-bond donors (Lipinski definition) is 2. The van der Waals surface area contributed by atoms with E-state index in [4.69, 9.17) is 15.1 Å². The van der Waals surface area contributed by atoms with Crippen LogP contribution in [0.4, 0.5) is 5.82 Å². The number of fused-ring (bicyclic) bond motifs is 1. The van der Waals surface area contributed by atoms with Gasteiger partial charge in [0.1, 0.15) is 11.4 Å². The number of nitrogen functional groups attached to an aromatic ring is 1. The first-order valence-corrected chi connectivity index (χ1v) is 11.2. The SMILES string of the molecule is CCOc1ccc(-c2c(C(=O)NN=C(C)c3cccc4ccccc34)nnn2-c2nonc2N)cc1. The molecule has 0 aliphatic carbocycles. The highest BCUT2D eigenvalue weighted by Crippen LogP contribution is 2.28. The fourth-order valence-electron chi connectivity index (χ4n) is 3.84. The molecule has 2 aromatic heterocycles. The molecule has 0 radical (unpaired) electrons. The lowest BCUT2D eigenvalue weighted by Crippen LogP contribution is -2.21. The van der Waals surface area contributed by atoms with Crippen LogP contribution >= 0.6 is 0 Å². The second kappa shape index (κ2) is 9.66. The number of rotatable bonds is 7. The van der Waals surface area contributed by atoms with E-state index in [1.807, 2.05) is 56.3 Å². The van der Waals surface area contributed by atoms with Gasteiger partial charge in [0.05, 0.1) is 12.3 Å². The van der Waals surface area contributed by atoms with Crippen LogP contribution in [0.2, 0.25) is 0 Å². The van der Waals surface area contributed by atoms with Crippen LogP contribution in [0.3, 0.4) is 0 Å². The standard InChI is InChI=1S/C25H22N8O3/c1-3-35-18-13-11-17(12-14-18)22-21(28-32-33(22)24-23(26)30-36-31-24)25(34)29-27-15(2)19-10-6-8-16-7-4-5-9-20(16)19/h4-14H,3H2,1-2H3,(H2,26,30)(H,29,34). The Kier molecular flexibility index (Phi) is 6.10. The number of hydrogen-bond acceptors (Lipinski definition) is 9. The molecule has 3 aromatic carbocycles. The maximum absolute atomic E-state index is 13.2. The summed E-state index contributed by atoms with van der Waals surface area (Å²) in [5.74, 6) is 0.244. The van der Waals surface area contributed by atoms with Crippen LogP contribution in [0, 0.1) is 0 Å². The Hall–Kier alpha value is -5.06. The smallest absolute Gasteiger partial charge is 0.294 e. The lowest BCUT2D eigenvalue weighted by molar-refractivity contribution is 0.0950. The van der Waals surface area contributed by atoms with Crippen molar-refractivity contribution < 1.29 is 14.2 Å². The average molecular weight is 483 g/mol. The molecule has 5 rings (SSSR count). The van der Waals surface area contributed by atoms with Gasteiger partial charge >= 0.3 is 0 Å². The molecule has 0 saturated carbocycles. The molecular formula is C25H22N8O3. The van der Waals surface area contributed by atoms with E-state index in [9.17, 15) is 4.79 Å². The molecule has 0 saturated heterocycles. The number of anilines is 1. The van der Waals surface area contributed by atoms with Gasteiger partial charge in [0.25, 0.3) is 5.91 Å². The molecular weight excluding hydrogens is 460 g/mol. The third kappa shape index (κ3) is 4.25. The Morgan fingerprint density at radius 1 is 1.08 bits per heavy atom. The minimum atomic E-state index is -0.556. The molecule has 3 N–H and O–H groups in total. The summed E-state index contributed by atoms with van der Waals surface area (Å²) in [6.45, 7) is 4.26. The number of nitrogens with two attached hydrogens (primary N) is 1. The monoisotopic (exact) mass is 482 g/mol. The summed E-state index contributed by atoms with van der Waals surface area (Å²) >= 11 is 0. The summed E-state index contributed by atoms with van der Waals surface area (Å²) in [6, 6.07) is 21.0. The maximum atomic E-state index is 13.2. The predicted molar refractivity (Wildman–Crippen MR) is 134 cm³/mol. The number of aromatic nitrogens is 5. The lowest BCUT2D eigenvalue weighted by atomic mass is 10.0. The molecule has 0 fully saturated rings. The number of carbonyl (C=O) groups is 1. The fourth-order valence-corrected chi connectivity index (χ4v) is 3.84. The highest BCUT2D eigenvalue weighted by molar-refractivity contribution is 6.10. The van der Waals surface area contributed by atoms with E-state index in [2.05, 4.69) is 31.2 Å². The van der Waals surface area contributed by atoms with Gasteiger partial charge in [-0.25, -0.2) is 10.1 Å². The van der Waals surface area contributed by atoms with Gasteiger partial charge in [-0.15, -0.1) is 5.10 Å². The molecule has 180 valence electrons. The van der Waals surface area contributed by atoms with E-state index in [-0.39, 0.29) is 17.3 Å². The minimum absolute atomic E-state index is 0.00358. The van der Waals surface area contributed by atoms with Crippen molar-refractivity contribution in [3.05, 3.63) is 78.0 Å². The molecule has 11 heteroatoms. The van der Waals surface area contributed by atoms with Gasteiger partial charge in [-0.05, 0) is 59.2 Å². The van der Waals surface area contributed by atoms with Crippen LogP contribution in [0.1, 0.15) is 29.9 Å². The van der Waals surface area contributed by atoms with Crippen molar-refractivity contribution in [3.63, 3.8) is 0 Å². The van der Waals surface area contributed by atoms with Crippen molar-refractivity contribution >= 4 is 28.2 Å². The summed E-state index contributed by atoms with van der Waals surface area (Å²) in [6.07, 6.45) is 0. The van der Waals surface area contributed by atoms with Crippen molar-refractivity contribution in [2.75, 3.05) is 12.3 Å². The van der Waals surface area contributed by atoms with Gasteiger partial charge in [0.15, 0.2) is 5.69 Å². The molecule has 0 atom stereocenters. The number of nitrogens with one attached hydrogen (secondary N) is 1. The number of benzene rings is 3. The van der Waals surface area contributed by atoms with Gasteiger partial charge in [-0.2, -0.15) is 9.78 Å². The van der Waals surface area contributed by atoms with Crippen LogP contribution in [-0.2, 0) is 0 Å². The van der Waals surface area contributed by atoms with Gasteiger partial charge < -0.3 is 10.5 Å². The molecule has 0 bridgehead atoms. The Labute approximate surface area is 205 Å². The van der Waals surface area contributed by atoms with Crippen LogP contribution < -0.4 is 15.9 Å². The zero-order valence-electron chi connectivity index (χ0n) is 19.5. The number of amides is 1. The molecule has 36 heavy (non-hydrogen) atoms. The van der Waals surface area contributed by atoms with E-state index in [0.717, 1.165) is 16.3 Å². The van der Waals surface area contributed by atoms with E-state index < -0.39 is 5.91 Å². The molecule has 0 unspecified atom stereocenters. The van der Waals surface area contributed by atoms with E-state index in [1.54, 1.807) is 24.3 Å². The Bertz CT molecular complexity index is 1560. The Balaban J connectivity index is 1.51. The zero-order chi connectivity index (χ0) is 25.1. The van der Waals surface area contributed by atoms with Crippen molar-refractivity contribution in [2.24, 2.45) is 5.10 Å². The van der Waals surface area contributed by atoms with E-state index in [1.165, 1.54) is 4.68 Å². The van der Waals surface area contributed by atoms with Gasteiger partial charge in [-0.1, -0.05) is 47.7 Å². The summed E-state index contributed by atoms with van der Waals surface area (Å²) in [4.78, 5) is 13.2. The van der Waals surface area contributed by atoms with E-state index >= 15 is 0 Å². The molecule has 5 aromatic rings. The van der Waals surface area contributed by atoms with Crippen molar-refractivity contribution in [3.8, 4) is 22.8 Å². The average Bonchev–Trinajstić information content (AvgIpc) is 3.53. The molecule has 0 spiro atoms. The first kappa shape index (κ1) is 22.7. The van der Waals surface area contributed by atoms with Crippen LogP contribution in [0.15, 0.2) is 76.5 Å². The topological polar surface area (TPSA) is 146 Å². The normalized spacial score (nSPS) is 11.6. The van der Waals surface area contributed by atoms with Crippen molar-refractivity contribution in [2.45, 2.75) is 13.8 Å². The quantitative estimate of drug-likeness (QED) is 0.264. The Morgan fingerprint density at radius 3 is 2.61 bits per heavy atom. The number of hydrazone groups is 1. The molecule has 0 aliphatic rings. The predicted octanol–water partition coefficient (Wildman–Crippen LogP) is 3.61. The van der Waals surface area contributed by atoms with Crippen LogP contribution in [0.25, 0.3) is 27.8 Å². The lowest BCUT2D eigenvalue weighted by Gasteiger charge is -2.08. The van der Waals surface area contributed by atoms with Gasteiger partial charge in [0, 0.05) is 11.1 Å². The molecule has 2 heterocycles. The number of ether oxygens (including phenoxy) is 1. The Morgan fingerprint density at radius 2 is 1.86 bits per heavy atom. The maximum Gasteiger partial charge on any atom is 0.294 e. The van der Waals surface area contributed by atoms with Crippen LogP contribution in [-0.4, -0.2) is 43.5 Å². The van der Waals surface area contributed by atoms with Gasteiger partial charge in [-0.3, -0.25) is 4.79 Å². The number of nitrogens with zero attached hydrogens (tertiary/aromatic N) is 6. The zero-order valence-corrected chi connectivity index (χ0v) is 19.5. The van der Waals surface area contributed by atoms with Crippen molar-refractivity contribution in [1.82, 2.24) is 30.7 Å². The van der Waals surface area contributed by atoms with E-state index in [0.29, 0.717) is 29.3 Å². The second-order valence-corrected chi connectivity index (χ2v) is 7.79. The molecule has 0 aliphatic heterocycles. The first-order valence-electron chi connectivity index (χ1n) is 11.2. The molecule has 1 amide bonds. The fraction of sp³-hybridized carbons (Fsp3) is 0.120. The second-order valence-electron chi connectivity index (χ2n) is 7.79. The van der Waals surface area contributed by atoms with Crippen LogP contribution in [0.5, 0.6) is 5.75 Å². The third-order valence-electron chi connectivity index (χ3n) is 5.52. The highest BCUT2D eigenvalue weighted by atomic mass is 16.6.